The highest BCUT2D eigenvalue weighted by Gasteiger charge is 2.14. The van der Waals surface area contributed by atoms with Crippen LogP contribution in [-0.4, -0.2) is 5.54 Å². The van der Waals surface area contributed by atoms with Gasteiger partial charge >= 0.3 is 0 Å². The third kappa shape index (κ3) is 2.48. The summed E-state index contributed by atoms with van der Waals surface area (Å²) in [5, 5.41) is 19.3. The molecule has 84 valence electrons. The van der Waals surface area contributed by atoms with Gasteiger partial charge < -0.3 is 0 Å². The van der Waals surface area contributed by atoms with Crippen LogP contribution < -0.4 is 0 Å². The predicted molar refractivity (Wildman–Crippen MR) is 68.2 cm³/mol. The van der Waals surface area contributed by atoms with E-state index in [1.165, 1.54) is 0 Å². The molecule has 3 nitrogen and oxygen atoms in total. The van der Waals surface area contributed by atoms with Gasteiger partial charge in [-0.25, -0.2) is 0 Å². The highest BCUT2D eigenvalue weighted by atomic mass is 15.1. The predicted octanol–water partition coefficient (Wildman–Crippen LogP) is 4.23. The molecule has 0 radical (unpaired) electrons. The summed E-state index contributed by atoms with van der Waals surface area (Å²) >= 11 is 0. The highest BCUT2D eigenvalue weighted by molar-refractivity contribution is 5.92. The molecule has 0 saturated heterocycles. The first-order valence-electron chi connectivity index (χ1n) is 5.44. The van der Waals surface area contributed by atoms with Gasteiger partial charge in [-0.3, -0.25) is 0 Å². The van der Waals surface area contributed by atoms with Gasteiger partial charge in [0.15, 0.2) is 5.54 Å². The fourth-order valence-electron chi connectivity index (χ4n) is 1.50. The molecule has 0 aromatic heterocycles. The second-order valence-electron chi connectivity index (χ2n) is 4.37. The Hall–Kier alpha value is -2.21. The van der Waals surface area contributed by atoms with E-state index < -0.39 is 5.54 Å². The first kappa shape index (κ1) is 11.3. The number of fused-ring (bicyclic) bond motifs is 1. The second-order valence-corrected chi connectivity index (χ2v) is 4.37. The van der Waals surface area contributed by atoms with Crippen LogP contribution in [0, 0.1) is 11.3 Å². The van der Waals surface area contributed by atoms with Crippen LogP contribution in [-0.2, 0) is 0 Å². The van der Waals surface area contributed by atoms with Crippen molar-refractivity contribution in [3.8, 4) is 6.07 Å². The van der Waals surface area contributed by atoms with Crippen LogP contribution in [0.5, 0.6) is 0 Å². The van der Waals surface area contributed by atoms with Crippen molar-refractivity contribution < 1.29 is 0 Å². The molecule has 0 aliphatic rings. The lowest BCUT2D eigenvalue weighted by Gasteiger charge is -2.06. The molecule has 0 spiro atoms. The second kappa shape index (κ2) is 4.34. The van der Waals surface area contributed by atoms with Crippen LogP contribution in [0.1, 0.15) is 13.8 Å². The third-order valence-electron chi connectivity index (χ3n) is 2.45. The molecule has 17 heavy (non-hydrogen) atoms. The van der Waals surface area contributed by atoms with Crippen molar-refractivity contribution in [3.05, 3.63) is 42.5 Å². The van der Waals surface area contributed by atoms with Crippen molar-refractivity contribution in [3.63, 3.8) is 0 Å². The molecule has 3 heteroatoms. The highest BCUT2D eigenvalue weighted by Crippen LogP contribution is 2.26. The Bertz CT molecular complexity index is 601. The monoisotopic (exact) mass is 223 g/mol. The Morgan fingerprint density at radius 1 is 1.06 bits per heavy atom. The number of hydrogen-bond donors (Lipinski definition) is 0. The summed E-state index contributed by atoms with van der Waals surface area (Å²) < 4.78 is 0. The van der Waals surface area contributed by atoms with Gasteiger partial charge in [0.1, 0.15) is 0 Å². The number of hydrogen-bond acceptors (Lipinski definition) is 3. The molecule has 2 rings (SSSR count). The summed E-state index contributed by atoms with van der Waals surface area (Å²) in [5.41, 5.74) is 0.0168. The summed E-state index contributed by atoms with van der Waals surface area (Å²) in [7, 11) is 0. The van der Waals surface area contributed by atoms with E-state index in [9.17, 15) is 0 Å². The zero-order valence-corrected chi connectivity index (χ0v) is 9.88. The molecule has 0 heterocycles. The Kier molecular flexibility index (Phi) is 2.88. The summed E-state index contributed by atoms with van der Waals surface area (Å²) in [4.78, 5) is 0. The average Bonchev–Trinajstić information content (AvgIpc) is 2.36. The molecule has 0 saturated carbocycles. The van der Waals surface area contributed by atoms with Gasteiger partial charge in [-0.05, 0) is 25.3 Å². The van der Waals surface area contributed by atoms with Crippen LogP contribution in [0.25, 0.3) is 10.8 Å². The number of azo groups is 1. The minimum atomic E-state index is -0.781. The lowest BCUT2D eigenvalue weighted by molar-refractivity contribution is 0.635. The van der Waals surface area contributed by atoms with E-state index in [-0.39, 0.29) is 0 Å². The standard InChI is InChI=1S/C14H13N3/c1-14(2,10-15)17-16-13-9-5-7-11-6-3-4-8-12(11)13/h3-9H,1-2H3/b17-16+. The smallest absolute Gasteiger partial charge is 0.162 e. The first-order chi connectivity index (χ1) is 8.12. The van der Waals surface area contributed by atoms with Gasteiger partial charge in [0.2, 0.25) is 0 Å². The summed E-state index contributed by atoms with van der Waals surface area (Å²) in [5.74, 6) is 0. The van der Waals surface area contributed by atoms with Crippen molar-refractivity contribution in [1.29, 1.82) is 5.26 Å². The molecule has 2 aromatic rings. The fourth-order valence-corrected chi connectivity index (χ4v) is 1.50. The quantitative estimate of drug-likeness (QED) is 0.703. The topological polar surface area (TPSA) is 48.5 Å². The van der Waals surface area contributed by atoms with Crippen molar-refractivity contribution in [2.45, 2.75) is 19.4 Å². The van der Waals surface area contributed by atoms with E-state index in [0.717, 1.165) is 16.5 Å². The maximum atomic E-state index is 8.88. The lowest BCUT2D eigenvalue weighted by atomic mass is 10.1. The van der Waals surface area contributed by atoms with Gasteiger partial charge in [0, 0.05) is 5.39 Å². The molecule has 0 unspecified atom stereocenters. The Morgan fingerprint density at radius 2 is 1.76 bits per heavy atom. The summed E-state index contributed by atoms with van der Waals surface area (Å²) in [6.07, 6.45) is 0. The summed E-state index contributed by atoms with van der Waals surface area (Å²) in [6.45, 7) is 3.48. The number of nitriles is 1. The van der Waals surface area contributed by atoms with Crippen LogP contribution in [0.4, 0.5) is 5.69 Å². The maximum Gasteiger partial charge on any atom is 0.162 e. The number of nitrogens with zero attached hydrogens (tertiary/aromatic N) is 3. The van der Waals surface area contributed by atoms with E-state index in [1.54, 1.807) is 13.8 Å². The molecule has 0 fully saturated rings. The first-order valence-corrected chi connectivity index (χ1v) is 5.44. The largest absolute Gasteiger partial charge is 0.196 e. The Balaban J connectivity index is 2.47. The van der Waals surface area contributed by atoms with Gasteiger partial charge in [0.25, 0.3) is 0 Å². The van der Waals surface area contributed by atoms with Crippen LogP contribution in [0.2, 0.25) is 0 Å². The molecule has 2 aromatic carbocycles. The van der Waals surface area contributed by atoms with Crippen molar-refractivity contribution >= 4 is 16.5 Å². The van der Waals surface area contributed by atoms with Crippen LogP contribution in [0.3, 0.4) is 0 Å². The molecule has 0 atom stereocenters. The number of benzene rings is 2. The maximum absolute atomic E-state index is 8.88. The zero-order chi connectivity index (χ0) is 12.3. The van der Waals surface area contributed by atoms with Crippen molar-refractivity contribution in [2.75, 3.05) is 0 Å². The van der Waals surface area contributed by atoms with Crippen molar-refractivity contribution in [2.24, 2.45) is 10.2 Å². The van der Waals surface area contributed by atoms with E-state index in [0.29, 0.717) is 0 Å². The Labute approximate surface area is 100 Å². The Morgan fingerprint density at radius 3 is 2.53 bits per heavy atom. The third-order valence-corrected chi connectivity index (χ3v) is 2.45. The molecule has 0 bridgehead atoms. The van der Waals surface area contributed by atoms with Gasteiger partial charge in [0.05, 0.1) is 11.8 Å². The molecule has 0 amide bonds. The van der Waals surface area contributed by atoms with Crippen LogP contribution >= 0.6 is 0 Å². The minimum Gasteiger partial charge on any atom is -0.196 e. The van der Waals surface area contributed by atoms with Gasteiger partial charge in [-0.1, -0.05) is 36.4 Å². The molecule has 0 aliphatic carbocycles. The van der Waals surface area contributed by atoms with E-state index in [2.05, 4.69) is 16.3 Å². The van der Waals surface area contributed by atoms with Gasteiger partial charge in [-0.15, -0.1) is 0 Å². The molecule has 0 aliphatic heterocycles. The minimum absolute atomic E-state index is 0.781. The van der Waals surface area contributed by atoms with E-state index in [4.69, 9.17) is 5.26 Å². The van der Waals surface area contributed by atoms with Crippen LogP contribution in [0.15, 0.2) is 52.7 Å². The zero-order valence-electron chi connectivity index (χ0n) is 9.88. The molecular weight excluding hydrogens is 210 g/mol. The number of rotatable bonds is 2. The molecule has 0 N–H and O–H groups in total. The normalized spacial score (nSPS) is 11.8. The summed E-state index contributed by atoms with van der Waals surface area (Å²) in [6, 6.07) is 16.0. The van der Waals surface area contributed by atoms with E-state index in [1.807, 2.05) is 42.5 Å². The fraction of sp³-hybridized carbons (Fsp3) is 0.214. The average molecular weight is 223 g/mol. The van der Waals surface area contributed by atoms with Gasteiger partial charge in [-0.2, -0.15) is 15.5 Å². The lowest BCUT2D eigenvalue weighted by Crippen LogP contribution is -2.10. The molecular formula is C14H13N3. The van der Waals surface area contributed by atoms with E-state index >= 15 is 0 Å². The van der Waals surface area contributed by atoms with Crippen molar-refractivity contribution in [1.82, 2.24) is 0 Å². The SMILES string of the molecule is CC(C)(C#N)/N=N/c1cccc2ccccc12.